The molecule has 10 nitrogen and oxygen atoms in total. The fraction of sp³-hybridized carbons (Fsp3) is 0.222. The summed E-state index contributed by atoms with van der Waals surface area (Å²) in [4.78, 5) is 10.6. The van der Waals surface area contributed by atoms with Crippen molar-refractivity contribution < 1.29 is 8.42 Å². The molecule has 1 aliphatic rings. The number of aromatic nitrogens is 5. The Kier molecular flexibility index (Phi) is 6.56. The highest BCUT2D eigenvalue weighted by molar-refractivity contribution is 7.89. The summed E-state index contributed by atoms with van der Waals surface area (Å²) < 4.78 is 40.6. The van der Waals surface area contributed by atoms with E-state index in [0.717, 1.165) is 39.8 Å². The molecule has 1 unspecified atom stereocenters. The van der Waals surface area contributed by atoms with Crippen LogP contribution in [0.2, 0.25) is 0 Å². The summed E-state index contributed by atoms with van der Waals surface area (Å²) >= 11 is 1.10. The summed E-state index contributed by atoms with van der Waals surface area (Å²) in [5.41, 5.74) is 5.62. The molecule has 0 N–H and O–H groups in total. The van der Waals surface area contributed by atoms with Crippen LogP contribution in [-0.4, -0.2) is 48.6 Å². The highest BCUT2D eigenvalue weighted by Crippen LogP contribution is 2.34. The van der Waals surface area contributed by atoms with E-state index in [1.54, 1.807) is 24.5 Å². The average Bonchev–Trinajstić information content (AvgIpc) is 3.60. The number of hydrogen-bond acceptors (Lipinski definition) is 9. The van der Waals surface area contributed by atoms with Gasteiger partial charge in [-0.2, -0.15) is 18.3 Å². The van der Waals surface area contributed by atoms with Crippen LogP contribution in [0.15, 0.2) is 78.3 Å². The molecule has 0 spiro atoms. The smallest absolute Gasteiger partial charge is 0.261 e. The minimum absolute atomic E-state index is 0.0108. The minimum atomic E-state index is -3.99. The van der Waals surface area contributed by atoms with Crippen LogP contribution in [0.3, 0.4) is 0 Å². The van der Waals surface area contributed by atoms with Crippen molar-refractivity contribution in [2.45, 2.75) is 30.6 Å². The van der Waals surface area contributed by atoms with Crippen molar-refractivity contribution in [3.05, 3.63) is 95.7 Å². The number of pyridine rings is 1. The molecule has 6 rings (SSSR count). The first-order valence-electron chi connectivity index (χ1n) is 12.3. The van der Waals surface area contributed by atoms with Crippen molar-refractivity contribution in [3.8, 4) is 6.07 Å². The Morgan fingerprint density at radius 3 is 2.82 bits per heavy atom. The number of nitriles is 1. The number of sulfonamides is 1. The van der Waals surface area contributed by atoms with Gasteiger partial charge in [-0.1, -0.05) is 18.2 Å². The van der Waals surface area contributed by atoms with E-state index in [9.17, 15) is 13.7 Å². The number of nitrogens with zero attached hydrogens (tertiary/aromatic N) is 8. The lowest BCUT2D eigenvalue weighted by molar-refractivity contribution is 0.302. The largest absolute Gasteiger partial charge is 0.364 e. The SMILES string of the molecule is Cn1cncc1CN1CC(N(Cc2cccc3nsnc23)S(=O)(=O)c2ccccn2)Cc2cc(C#N)ccc21. The molecule has 2 aromatic carbocycles. The Bertz CT molecular complexity index is 1790. The first-order chi connectivity index (χ1) is 18.9. The third-order valence-electron chi connectivity index (χ3n) is 7.02. The summed E-state index contributed by atoms with van der Waals surface area (Å²) in [6.07, 6.45) is 5.49. The minimum Gasteiger partial charge on any atom is -0.364 e. The van der Waals surface area contributed by atoms with Crippen LogP contribution in [0.25, 0.3) is 11.0 Å². The summed E-state index contributed by atoms with van der Waals surface area (Å²) in [6.45, 7) is 1.09. The van der Waals surface area contributed by atoms with Crippen LogP contribution in [0, 0.1) is 11.3 Å². The highest BCUT2D eigenvalue weighted by atomic mass is 32.2. The maximum atomic E-state index is 14.2. The van der Waals surface area contributed by atoms with Crippen molar-refractivity contribution in [1.82, 2.24) is 27.6 Å². The zero-order valence-electron chi connectivity index (χ0n) is 21.0. The number of hydrogen-bond donors (Lipinski definition) is 0. The molecule has 0 saturated carbocycles. The number of anilines is 1. The molecule has 1 aliphatic heterocycles. The summed E-state index contributed by atoms with van der Waals surface area (Å²) in [5.74, 6) is 0. The van der Waals surface area contributed by atoms with Gasteiger partial charge >= 0.3 is 0 Å². The molecule has 12 heteroatoms. The van der Waals surface area contributed by atoms with E-state index < -0.39 is 16.1 Å². The Labute approximate surface area is 230 Å². The first kappa shape index (κ1) is 25.1. The second-order valence-corrected chi connectivity index (χ2v) is 11.8. The van der Waals surface area contributed by atoms with Gasteiger partial charge in [-0.3, -0.25) is 0 Å². The number of benzene rings is 2. The zero-order chi connectivity index (χ0) is 27.0. The molecular formula is C27H24N8O2S2. The molecule has 39 heavy (non-hydrogen) atoms. The second kappa shape index (κ2) is 10.2. The van der Waals surface area contributed by atoms with Gasteiger partial charge in [0.25, 0.3) is 10.0 Å². The molecule has 0 fully saturated rings. The number of fused-ring (bicyclic) bond motifs is 2. The normalized spacial score (nSPS) is 15.4. The maximum Gasteiger partial charge on any atom is 0.261 e. The molecule has 1 atom stereocenters. The molecule has 0 aliphatic carbocycles. The second-order valence-electron chi connectivity index (χ2n) is 9.46. The van der Waals surface area contributed by atoms with Gasteiger partial charge in [0, 0.05) is 44.3 Å². The topological polar surface area (TPSA) is 121 Å². The average molecular weight is 557 g/mol. The van der Waals surface area contributed by atoms with Gasteiger partial charge in [-0.15, -0.1) is 0 Å². The lowest BCUT2D eigenvalue weighted by Gasteiger charge is -2.40. The van der Waals surface area contributed by atoms with E-state index >= 15 is 0 Å². The van der Waals surface area contributed by atoms with Crippen LogP contribution in [0.4, 0.5) is 5.69 Å². The highest BCUT2D eigenvalue weighted by Gasteiger charge is 2.37. The van der Waals surface area contributed by atoms with Gasteiger partial charge in [0.2, 0.25) is 0 Å². The summed E-state index contributed by atoms with van der Waals surface area (Å²) in [7, 11) is -2.06. The number of rotatable bonds is 7. The maximum absolute atomic E-state index is 14.2. The van der Waals surface area contributed by atoms with Gasteiger partial charge in [-0.25, -0.2) is 18.4 Å². The Morgan fingerprint density at radius 1 is 1.15 bits per heavy atom. The third-order valence-corrected chi connectivity index (χ3v) is 9.38. The van der Waals surface area contributed by atoms with Crippen molar-refractivity contribution in [1.29, 1.82) is 5.26 Å². The molecule has 0 saturated heterocycles. The molecular weight excluding hydrogens is 532 g/mol. The summed E-state index contributed by atoms with van der Waals surface area (Å²) in [6, 6.07) is 17.9. The van der Waals surface area contributed by atoms with Crippen LogP contribution in [0.5, 0.6) is 0 Å². The zero-order valence-corrected chi connectivity index (χ0v) is 22.7. The Balaban J connectivity index is 1.46. The van der Waals surface area contributed by atoms with Gasteiger partial charge in [0.15, 0.2) is 5.03 Å². The molecule has 0 radical (unpaired) electrons. The quantitative estimate of drug-likeness (QED) is 0.299. The standard InChI is InChI=1S/C27H24N8O2S2/c1-33-18-29-14-23(33)17-34-16-22(12-21-11-19(13-28)8-9-25(21)34)35(39(36,37)26-7-2-3-10-30-26)15-20-5-4-6-24-27(20)32-38-31-24/h2-11,14,18,22H,12,15-17H2,1H3. The van der Waals surface area contributed by atoms with Crippen LogP contribution < -0.4 is 4.90 Å². The lowest BCUT2D eigenvalue weighted by atomic mass is 9.95. The fourth-order valence-corrected chi connectivity index (χ4v) is 7.16. The summed E-state index contributed by atoms with van der Waals surface area (Å²) in [5, 5.41) is 9.56. The predicted molar refractivity (Wildman–Crippen MR) is 147 cm³/mol. The lowest BCUT2D eigenvalue weighted by Crippen LogP contribution is -2.50. The Hall–Kier alpha value is -4.18. The van der Waals surface area contributed by atoms with Crippen molar-refractivity contribution >= 4 is 38.5 Å². The van der Waals surface area contributed by atoms with E-state index in [1.165, 1.54) is 16.6 Å². The van der Waals surface area contributed by atoms with E-state index in [-0.39, 0.29) is 11.6 Å². The third kappa shape index (κ3) is 4.76. The van der Waals surface area contributed by atoms with Crippen molar-refractivity contribution in [3.63, 3.8) is 0 Å². The van der Waals surface area contributed by atoms with Crippen molar-refractivity contribution in [2.24, 2.45) is 7.05 Å². The van der Waals surface area contributed by atoms with Gasteiger partial charge in [0.05, 0.1) is 41.9 Å². The molecule has 4 heterocycles. The molecule has 5 aromatic rings. The monoisotopic (exact) mass is 556 g/mol. The van der Waals surface area contributed by atoms with Crippen LogP contribution in [-0.2, 0) is 36.6 Å². The molecule has 196 valence electrons. The first-order valence-corrected chi connectivity index (χ1v) is 14.5. The van der Waals surface area contributed by atoms with E-state index in [0.29, 0.717) is 30.6 Å². The number of imidazole rings is 1. The molecule has 0 bridgehead atoms. The number of aryl methyl sites for hydroxylation is 1. The van der Waals surface area contributed by atoms with Crippen LogP contribution in [0.1, 0.15) is 22.4 Å². The van der Waals surface area contributed by atoms with Crippen LogP contribution >= 0.6 is 11.7 Å². The Morgan fingerprint density at radius 2 is 2.05 bits per heavy atom. The van der Waals surface area contributed by atoms with Gasteiger partial charge in [0.1, 0.15) is 11.0 Å². The van der Waals surface area contributed by atoms with Crippen molar-refractivity contribution in [2.75, 3.05) is 11.4 Å². The van der Waals surface area contributed by atoms with Gasteiger partial charge in [-0.05, 0) is 53.9 Å². The molecule has 3 aromatic heterocycles. The van der Waals surface area contributed by atoms with Gasteiger partial charge < -0.3 is 9.47 Å². The van der Waals surface area contributed by atoms with E-state index in [1.807, 2.05) is 48.1 Å². The van der Waals surface area contributed by atoms with E-state index in [2.05, 4.69) is 29.7 Å². The fourth-order valence-electron chi connectivity index (χ4n) is 5.06. The van der Waals surface area contributed by atoms with E-state index in [4.69, 9.17) is 0 Å². The predicted octanol–water partition coefficient (Wildman–Crippen LogP) is 3.51. The molecule has 0 amide bonds.